The van der Waals surface area contributed by atoms with Crippen LogP contribution in [0, 0.1) is 5.41 Å². The van der Waals surface area contributed by atoms with Gasteiger partial charge in [-0.25, -0.2) is 4.79 Å². The number of hydrogen-bond donors (Lipinski definition) is 6. The Bertz CT molecular complexity index is 1230. The number of carbonyl (C=O) groups excluding carboxylic acids is 2. The number of rotatable bonds is 8. The Hall–Kier alpha value is -4.33. The van der Waals surface area contributed by atoms with Crippen molar-refractivity contribution in [2.75, 3.05) is 16.0 Å². The molecule has 3 amide bonds. The minimum atomic E-state index is -0.384. The van der Waals surface area contributed by atoms with E-state index in [0.29, 0.717) is 22.5 Å². The van der Waals surface area contributed by atoms with Crippen molar-refractivity contribution >= 4 is 34.8 Å². The number of carbonyl (C=O) groups is 2. The molecule has 1 fully saturated rings. The SMILES string of the molecule is CC(Nc1ccccc1NC(=O)Nc1ccc(C(=N)N)cc1)c1ccc(C(=O)NC2CCCCC2)cc1. The van der Waals surface area contributed by atoms with Crippen molar-refractivity contribution in [2.45, 2.75) is 51.1 Å². The lowest BCUT2D eigenvalue weighted by atomic mass is 9.95. The summed E-state index contributed by atoms with van der Waals surface area (Å²) in [4.78, 5) is 25.2. The van der Waals surface area contributed by atoms with Gasteiger partial charge in [-0.15, -0.1) is 0 Å². The molecule has 1 aliphatic rings. The number of nitrogen functional groups attached to an aromatic ring is 1. The smallest absolute Gasteiger partial charge is 0.323 e. The molecule has 7 N–H and O–H groups in total. The van der Waals surface area contributed by atoms with Crippen LogP contribution in [-0.2, 0) is 0 Å². The van der Waals surface area contributed by atoms with Gasteiger partial charge >= 0.3 is 6.03 Å². The largest absolute Gasteiger partial charge is 0.384 e. The van der Waals surface area contributed by atoms with Crippen molar-refractivity contribution in [3.63, 3.8) is 0 Å². The number of urea groups is 1. The number of anilines is 3. The summed E-state index contributed by atoms with van der Waals surface area (Å²) in [5.74, 6) is -0.0435. The van der Waals surface area contributed by atoms with Crippen LogP contribution < -0.4 is 27.0 Å². The van der Waals surface area contributed by atoms with Crippen molar-refractivity contribution in [1.82, 2.24) is 5.32 Å². The lowest BCUT2D eigenvalue weighted by Crippen LogP contribution is -2.36. The van der Waals surface area contributed by atoms with E-state index in [1.807, 2.05) is 55.5 Å². The van der Waals surface area contributed by atoms with Gasteiger partial charge in [-0.3, -0.25) is 10.2 Å². The van der Waals surface area contributed by atoms with Crippen molar-refractivity contribution in [1.29, 1.82) is 5.41 Å². The maximum atomic E-state index is 12.6. The molecule has 0 spiro atoms. The van der Waals surface area contributed by atoms with Crippen LogP contribution in [0.4, 0.5) is 21.9 Å². The van der Waals surface area contributed by atoms with Gasteiger partial charge in [0.15, 0.2) is 0 Å². The molecule has 0 aliphatic heterocycles. The fourth-order valence-electron chi connectivity index (χ4n) is 4.49. The minimum Gasteiger partial charge on any atom is -0.384 e. The molecule has 0 aromatic heterocycles. The van der Waals surface area contributed by atoms with Crippen LogP contribution in [0.15, 0.2) is 72.8 Å². The first kappa shape index (κ1) is 25.8. The summed E-state index contributed by atoms with van der Waals surface area (Å²) in [6.07, 6.45) is 5.73. The molecular formula is C29H34N6O2. The van der Waals surface area contributed by atoms with Gasteiger partial charge in [0.1, 0.15) is 5.84 Å². The summed E-state index contributed by atoms with van der Waals surface area (Å²) in [5.41, 5.74) is 9.76. The molecule has 3 aromatic rings. The molecule has 8 heteroatoms. The fourth-order valence-corrected chi connectivity index (χ4v) is 4.49. The van der Waals surface area contributed by atoms with E-state index in [2.05, 4.69) is 21.3 Å². The average molecular weight is 499 g/mol. The zero-order valence-electron chi connectivity index (χ0n) is 21.0. The highest BCUT2D eigenvalue weighted by molar-refractivity contribution is 6.02. The van der Waals surface area contributed by atoms with Crippen LogP contribution in [0.1, 0.15) is 66.6 Å². The van der Waals surface area contributed by atoms with Crippen molar-refractivity contribution in [3.8, 4) is 0 Å². The van der Waals surface area contributed by atoms with Crippen molar-refractivity contribution in [3.05, 3.63) is 89.5 Å². The average Bonchev–Trinajstić information content (AvgIpc) is 2.90. The number of amidine groups is 1. The summed E-state index contributed by atoms with van der Waals surface area (Å²) < 4.78 is 0. The highest BCUT2D eigenvalue weighted by atomic mass is 16.2. The summed E-state index contributed by atoms with van der Waals surface area (Å²) >= 11 is 0. The molecule has 1 aliphatic carbocycles. The van der Waals surface area contributed by atoms with Gasteiger partial charge in [-0.05, 0) is 73.9 Å². The summed E-state index contributed by atoms with van der Waals surface area (Å²) in [6.45, 7) is 2.03. The normalized spacial score (nSPS) is 14.3. The Morgan fingerprint density at radius 1 is 0.838 bits per heavy atom. The van der Waals surface area contributed by atoms with E-state index in [-0.39, 0.29) is 29.9 Å². The van der Waals surface area contributed by atoms with Crippen LogP contribution >= 0.6 is 0 Å². The van der Waals surface area contributed by atoms with Crippen LogP contribution in [0.3, 0.4) is 0 Å². The molecule has 0 radical (unpaired) electrons. The third-order valence-corrected chi connectivity index (χ3v) is 6.61. The Morgan fingerprint density at radius 2 is 1.46 bits per heavy atom. The molecule has 1 saturated carbocycles. The van der Waals surface area contributed by atoms with E-state index >= 15 is 0 Å². The molecule has 1 unspecified atom stereocenters. The van der Waals surface area contributed by atoms with Crippen molar-refractivity contribution in [2.24, 2.45) is 5.73 Å². The molecule has 1 atom stereocenters. The van der Waals surface area contributed by atoms with Gasteiger partial charge in [-0.2, -0.15) is 0 Å². The monoisotopic (exact) mass is 498 g/mol. The quantitative estimate of drug-likeness (QED) is 0.172. The maximum Gasteiger partial charge on any atom is 0.323 e. The topological polar surface area (TPSA) is 132 Å². The Kier molecular flexibility index (Phi) is 8.40. The van der Waals surface area contributed by atoms with E-state index < -0.39 is 0 Å². The third kappa shape index (κ3) is 7.10. The molecule has 0 saturated heterocycles. The van der Waals surface area contributed by atoms with Gasteiger partial charge in [-0.1, -0.05) is 43.5 Å². The number of para-hydroxylation sites is 2. The standard InChI is InChI=1S/C29H34N6O2/c1-19(20-11-13-22(14-12-20)28(36)33-23-7-3-2-4-8-23)32-25-9-5-6-10-26(25)35-29(37)34-24-17-15-21(16-18-24)27(30)31/h5-6,9-19,23,32H,2-4,7-8H2,1H3,(H3,30,31)(H,33,36)(H2,34,35,37). The maximum absolute atomic E-state index is 12.6. The van der Waals surface area contributed by atoms with Crippen LogP contribution in [0.25, 0.3) is 0 Å². The molecule has 192 valence electrons. The van der Waals surface area contributed by atoms with Gasteiger partial charge in [0.2, 0.25) is 0 Å². The van der Waals surface area contributed by atoms with Gasteiger partial charge in [0, 0.05) is 28.9 Å². The molecule has 4 rings (SSSR count). The van der Waals surface area contributed by atoms with Gasteiger partial charge in [0.25, 0.3) is 5.91 Å². The molecular weight excluding hydrogens is 464 g/mol. The minimum absolute atomic E-state index is 0.0180. The number of amides is 3. The molecule has 37 heavy (non-hydrogen) atoms. The second kappa shape index (κ2) is 12.1. The van der Waals surface area contributed by atoms with Crippen LogP contribution in [0.2, 0.25) is 0 Å². The fraction of sp³-hybridized carbons (Fsp3) is 0.276. The lowest BCUT2D eigenvalue weighted by molar-refractivity contribution is 0.0927. The highest BCUT2D eigenvalue weighted by Crippen LogP contribution is 2.27. The van der Waals surface area contributed by atoms with E-state index in [1.54, 1.807) is 24.3 Å². The lowest BCUT2D eigenvalue weighted by Gasteiger charge is -2.23. The van der Waals surface area contributed by atoms with Gasteiger partial charge < -0.3 is 27.0 Å². The summed E-state index contributed by atoms with van der Waals surface area (Å²) in [6, 6.07) is 21.7. The second-order valence-electron chi connectivity index (χ2n) is 9.41. The Balaban J connectivity index is 1.35. The van der Waals surface area contributed by atoms with E-state index in [9.17, 15) is 9.59 Å². The third-order valence-electron chi connectivity index (χ3n) is 6.61. The highest BCUT2D eigenvalue weighted by Gasteiger charge is 2.17. The van der Waals surface area contributed by atoms with E-state index in [0.717, 1.165) is 24.1 Å². The van der Waals surface area contributed by atoms with Crippen molar-refractivity contribution < 1.29 is 9.59 Å². The molecule has 0 heterocycles. The summed E-state index contributed by atoms with van der Waals surface area (Å²) in [5, 5.41) is 19.7. The number of benzene rings is 3. The Morgan fingerprint density at radius 3 is 2.11 bits per heavy atom. The molecule has 0 bridgehead atoms. The Labute approximate surface area is 217 Å². The first-order valence-electron chi connectivity index (χ1n) is 12.7. The number of nitrogens with two attached hydrogens (primary N) is 1. The zero-order chi connectivity index (χ0) is 26.2. The zero-order valence-corrected chi connectivity index (χ0v) is 21.0. The predicted molar refractivity (Wildman–Crippen MR) is 149 cm³/mol. The first-order chi connectivity index (χ1) is 17.9. The molecule has 8 nitrogen and oxygen atoms in total. The number of hydrogen-bond acceptors (Lipinski definition) is 4. The molecule has 3 aromatic carbocycles. The second-order valence-corrected chi connectivity index (χ2v) is 9.41. The predicted octanol–water partition coefficient (Wildman–Crippen LogP) is 5.85. The number of nitrogens with one attached hydrogen (secondary N) is 5. The van der Waals surface area contributed by atoms with Crippen LogP contribution in [0.5, 0.6) is 0 Å². The van der Waals surface area contributed by atoms with Gasteiger partial charge in [0.05, 0.1) is 11.4 Å². The van der Waals surface area contributed by atoms with Crippen LogP contribution in [-0.4, -0.2) is 23.8 Å². The summed E-state index contributed by atoms with van der Waals surface area (Å²) in [7, 11) is 0. The first-order valence-corrected chi connectivity index (χ1v) is 12.7. The van der Waals surface area contributed by atoms with E-state index in [4.69, 9.17) is 11.1 Å². The van der Waals surface area contributed by atoms with E-state index in [1.165, 1.54) is 19.3 Å².